The fourth-order valence-corrected chi connectivity index (χ4v) is 1.63. The van der Waals surface area contributed by atoms with Crippen molar-refractivity contribution in [3.63, 3.8) is 0 Å². The van der Waals surface area contributed by atoms with Gasteiger partial charge in [-0.25, -0.2) is 0 Å². The molecule has 0 aromatic heterocycles. The van der Waals surface area contributed by atoms with E-state index in [4.69, 9.17) is 9.47 Å². The van der Waals surface area contributed by atoms with Gasteiger partial charge in [-0.1, -0.05) is 12.1 Å². The van der Waals surface area contributed by atoms with E-state index in [2.05, 4.69) is 4.18 Å². The Hall–Kier alpha value is -1.27. The van der Waals surface area contributed by atoms with Crippen molar-refractivity contribution in [1.82, 2.24) is 0 Å². The third kappa shape index (κ3) is 5.88. The van der Waals surface area contributed by atoms with Crippen LogP contribution in [0.5, 0.6) is 11.5 Å². The van der Waals surface area contributed by atoms with E-state index in [9.17, 15) is 8.42 Å². The molecule has 0 saturated carbocycles. The van der Waals surface area contributed by atoms with Crippen molar-refractivity contribution in [3.8, 4) is 11.5 Å². The van der Waals surface area contributed by atoms with Crippen LogP contribution in [0.15, 0.2) is 24.3 Å². The first-order valence-corrected chi connectivity index (χ1v) is 7.43. The highest BCUT2D eigenvalue weighted by Crippen LogP contribution is 2.27. The number of hydrogen-bond acceptors (Lipinski definition) is 5. The van der Waals surface area contributed by atoms with Crippen molar-refractivity contribution in [2.75, 3.05) is 19.5 Å². The summed E-state index contributed by atoms with van der Waals surface area (Å²) in [5, 5.41) is 0. The smallest absolute Gasteiger partial charge is 0.264 e. The van der Waals surface area contributed by atoms with Gasteiger partial charge in [-0.2, -0.15) is 8.42 Å². The minimum absolute atomic E-state index is 0.0190. The molecule has 1 rings (SSSR count). The molecule has 0 aliphatic carbocycles. The van der Waals surface area contributed by atoms with Crippen LogP contribution < -0.4 is 9.47 Å². The van der Waals surface area contributed by atoms with E-state index < -0.39 is 10.1 Å². The summed E-state index contributed by atoms with van der Waals surface area (Å²) in [4.78, 5) is 0. The third-order valence-corrected chi connectivity index (χ3v) is 2.44. The number of para-hydroxylation sites is 2. The highest BCUT2D eigenvalue weighted by molar-refractivity contribution is 7.85. The number of ether oxygens (including phenoxy) is 2. The van der Waals surface area contributed by atoms with Crippen molar-refractivity contribution in [2.24, 2.45) is 0 Å². The van der Waals surface area contributed by atoms with Gasteiger partial charge in [0.25, 0.3) is 10.1 Å². The fourth-order valence-electron chi connectivity index (χ4n) is 1.26. The molecule has 0 unspecified atom stereocenters. The Bertz CT molecular complexity index is 467. The van der Waals surface area contributed by atoms with Gasteiger partial charge in [0, 0.05) is 0 Å². The molecule has 18 heavy (non-hydrogen) atoms. The van der Waals surface area contributed by atoms with E-state index >= 15 is 0 Å². The van der Waals surface area contributed by atoms with Gasteiger partial charge in [0.1, 0.15) is 13.2 Å². The maximum atomic E-state index is 10.8. The predicted molar refractivity (Wildman–Crippen MR) is 68.5 cm³/mol. The lowest BCUT2D eigenvalue weighted by Gasteiger charge is -2.14. The second-order valence-corrected chi connectivity index (χ2v) is 5.63. The predicted octanol–water partition coefficient (Wildman–Crippen LogP) is 1.83. The number of benzene rings is 1. The van der Waals surface area contributed by atoms with Crippen molar-refractivity contribution in [3.05, 3.63) is 24.3 Å². The molecule has 0 heterocycles. The van der Waals surface area contributed by atoms with Crippen LogP contribution in [0.25, 0.3) is 0 Å². The average Bonchev–Trinajstić information content (AvgIpc) is 2.24. The van der Waals surface area contributed by atoms with Crippen LogP contribution in [-0.4, -0.2) is 34.0 Å². The van der Waals surface area contributed by atoms with Crippen molar-refractivity contribution in [2.45, 2.75) is 20.0 Å². The standard InChI is InChI=1S/C12H18O5S/c1-10(2)17-12-7-5-4-6-11(12)15-8-9-16-18(3,13)14/h4-7,10H,8-9H2,1-3H3. The summed E-state index contributed by atoms with van der Waals surface area (Å²) in [6, 6.07) is 7.22. The summed E-state index contributed by atoms with van der Waals surface area (Å²) in [5.41, 5.74) is 0. The van der Waals surface area contributed by atoms with E-state index in [1.54, 1.807) is 12.1 Å². The van der Waals surface area contributed by atoms with Gasteiger partial charge in [-0.15, -0.1) is 0 Å². The Kier molecular flexibility index (Phi) is 5.43. The summed E-state index contributed by atoms with van der Waals surface area (Å²) in [6.45, 7) is 3.97. The third-order valence-electron chi connectivity index (χ3n) is 1.85. The molecule has 0 aliphatic rings. The van der Waals surface area contributed by atoms with Gasteiger partial charge in [0.15, 0.2) is 11.5 Å². The molecule has 0 N–H and O–H groups in total. The number of rotatable bonds is 7. The van der Waals surface area contributed by atoms with E-state index in [1.165, 1.54) is 0 Å². The van der Waals surface area contributed by atoms with Gasteiger partial charge in [0.2, 0.25) is 0 Å². The molecular weight excluding hydrogens is 256 g/mol. The topological polar surface area (TPSA) is 61.8 Å². The second kappa shape index (κ2) is 6.61. The molecule has 0 bridgehead atoms. The highest BCUT2D eigenvalue weighted by atomic mass is 32.2. The zero-order valence-corrected chi connectivity index (χ0v) is 11.6. The summed E-state index contributed by atoms with van der Waals surface area (Å²) in [5.74, 6) is 1.20. The Morgan fingerprint density at radius 2 is 1.72 bits per heavy atom. The molecule has 0 saturated heterocycles. The highest BCUT2D eigenvalue weighted by Gasteiger charge is 2.07. The minimum atomic E-state index is -3.42. The van der Waals surface area contributed by atoms with Crippen LogP contribution in [0, 0.1) is 0 Å². The zero-order chi connectivity index (χ0) is 13.6. The molecule has 1 aromatic rings. The molecule has 5 nitrogen and oxygen atoms in total. The molecule has 0 amide bonds. The summed E-state index contributed by atoms with van der Waals surface area (Å²) < 4.78 is 37.1. The van der Waals surface area contributed by atoms with Gasteiger partial charge in [-0.05, 0) is 26.0 Å². The summed E-state index contributed by atoms with van der Waals surface area (Å²) >= 11 is 0. The maximum absolute atomic E-state index is 10.8. The SMILES string of the molecule is CC(C)Oc1ccccc1OCCOS(C)(=O)=O. The molecule has 102 valence electrons. The van der Waals surface area contributed by atoms with Crippen LogP contribution >= 0.6 is 0 Å². The molecule has 0 radical (unpaired) electrons. The molecule has 1 aromatic carbocycles. The van der Waals surface area contributed by atoms with Gasteiger partial charge >= 0.3 is 0 Å². The van der Waals surface area contributed by atoms with E-state index in [1.807, 2.05) is 26.0 Å². The van der Waals surface area contributed by atoms with E-state index in [-0.39, 0.29) is 19.3 Å². The van der Waals surface area contributed by atoms with Crippen LogP contribution in [0.3, 0.4) is 0 Å². The quantitative estimate of drug-likeness (QED) is 0.560. The monoisotopic (exact) mass is 274 g/mol. The normalized spacial score (nSPS) is 11.6. The maximum Gasteiger partial charge on any atom is 0.264 e. The van der Waals surface area contributed by atoms with Crippen LogP contribution in [0.1, 0.15) is 13.8 Å². The average molecular weight is 274 g/mol. The lowest BCUT2D eigenvalue weighted by Crippen LogP contribution is -2.12. The van der Waals surface area contributed by atoms with Crippen molar-refractivity contribution in [1.29, 1.82) is 0 Å². The van der Waals surface area contributed by atoms with E-state index in [0.29, 0.717) is 11.5 Å². The van der Waals surface area contributed by atoms with Crippen LogP contribution in [-0.2, 0) is 14.3 Å². The molecule has 6 heteroatoms. The summed E-state index contributed by atoms with van der Waals surface area (Å²) in [7, 11) is -3.42. The zero-order valence-electron chi connectivity index (χ0n) is 10.8. The first kappa shape index (κ1) is 14.8. The Labute approximate surface area is 108 Å². The molecular formula is C12H18O5S. The van der Waals surface area contributed by atoms with Crippen LogP contribution in [0.2, 0.25) is 0 Å². The van der Waals surface area contributed by atoms with E-state index in [0.717, 1.165) is 6.26 Å². The Balaban J connectivity index is 2.51. The largest absolute Gasteiger partial charge is 0.487 e. The molecule has 0 spiro atoms. The van der Waals surface area contributed by atoms with Crippen molar-refractivity contribution < 1.29 is 22.1 Å². The van der Waals surface area contributed by atoms with Gasteiger partial charge in [-0.3, -0.25) is 4.18 Å². The molecule has 0 aliphatic heterocycles. The number of hydrogen-bond donors (Lipinski definition) is 0. The van der Waals surface area contributed by atoms with Gasteiger partial charge < -0.3 is 9.47 Å². The first-order chi connectivity index (χ1) is 8.38. The second-order valence-electron chi connectivity index (χ2n) is 3.99. The molecule has 0 atom stereocenters. The Morgan fingerprint density at radius 1 is 1.11 bits per heavy atom. The lowest BCUT2D eigenvalue weighted by atomic mass is 10.3. The first-order valence-electron chi connectivity index (χ1n) is 5.61. The lowest BCUT2D eigenvalue weighted by molar-refractivity contribution is 0.197. The Morgan fingerprint density at radius 3 is 2.28 bits per heavy atom. The van der Waals surface area contributed by atoms with Crippen LogP contribution in [0.4, 0.5) is 0 Å². The summed E-state index contributed by atoms with van der Waals surface area (Å²) in [6.07, 6.45) is 1.05. The minimum Gasteiger partial charge on any atom is -0.487 e. The molecule has 0 fully saturated rings. The fraction of sp³-hybridized carbons (Fsp3) is 0.500. The van der Waals surface area contributed by atoms with Gasteiger partial charge in [0.05, 0.1) is 12.4 Å². The van der Waals surface area contributed by atoms with Crippen molar-refractivity contribution >= 4 is 10.1 Å².